The average molecular weight is 434 g/mol. The van der Waals surface area contributed by atoms with E-state index in [9.17, 15) is 9.59 Å². The summed E-state index contributed by atoms with van der Waals surface area (Å²) in [5, 5.41) is 3.11. The fraction of sp³-hybridized carbons (Fsp3) is 0.125. The molecule has 0 aromatic heterocycles. The molecular formula is C24H20ClN3O3. The predicted molar refractivity (Wildman–Crippen MR) is 120 cm³/mol. The van der Waals surface area contributed by atoms with Gasteiger partial charge < -0.3 is 9.64 Å². The van der Waals surface area contributed by atoms with Crippen LogP contribution in [0.4, 0.5) is 10.5 Å². The Morgan fingerprint density at radius 2 is 1.74 bits per heavy atom. The van der Waals surface area contributed by atoms with E-state index in [0.29, 0.717) is 22.0 Å². The third-order valence-corrected chi connectivity index (χ3v) is 5.15. The van der Waals surface area contributed by atoms with Gasteiger partial charge in [-0.2, -0.15) is 0 Å². The second-order valence-electron chi connectivity index (χ2n) is 7.01. The standard InChI is InChI=1S/C24H20ClN3O3/c1-28-20-13-12-18(25)14-19(20)21(17-10-6-3-7-11-17)26-22(23(28)29)27-24(30)31-15-16-8-4-2-5-9-16/h2-14,22H,15H2,1H3,(H,27,30). The number of nitrogens with one attached hydrogen (secondary N) is 1. The number of alkyl carbamates (subject to hydrolysis) is 1. The van der Waals surface area contributed by atoms with E-state index in [1.165, 1.54) is 4.90 Å². The van der Waals surface area contributed by atoms with Crippen LogP contribution < -0.4 is 10.2 Å². The number of rotatable bonds is 4. The predicted octanol–water partition coefficient (Wildman–Crippen LogP) is 4.41. The zero-order chi connectivity index (χ0) is 21.8. The first-order chi connectivity index (χ1) is 15.0. The number of hydrogen-bond donors (Lipinski definition) is 1. The second-order valence-corrected chi connectivity index (χ2v) is 7.45. The number of benzene rings is 3. The fourth-order valence-electron chi connectivity index (χ4n) is 3.34. The van der Waals surface area contributed by atoms with Crippen molar-refractivity contribution in [3.05, 3.63) is 101 Å². The molecule has 6 nitrogen and oxygen atoms in total. The van der Waals surface area contributed by atoms with Crippen LogP contribution in [-0.4, -0.2) is 30.9 Å². The van der Waals surface area contributed by atoms with E-state index >= 15 is 0 Å². The first-order valence-corrected chi connectivity index (χ1v) is 10.1. The Kier molecular flexibility index (Phi) is 6.00. The van der Waals surface area contributed by atoms with Gasteiger partial charge in [-0.1, -0.05) is 72.3 Å². The molecule has 1 atom stereocenters. The molecule has 0 saturated carbocycles. The molecule has 1 unspecified atom stereocenters. The van der Waals surface area contributed by atoms with Gasteiger partial charge in [0, 0.05) is 23.2 Å². The first-order valence-electron chi connectivity index (χ1n) is 9.71. The highest BCUT2D eigenvalue weighted by Crippen LogP contribution is 2.29. The minimum absolute atomic E-state index is 0.0918. The van der Waals surface area contributed by atoms with Gasteiger partial charge in [0.25, 0.3) is 5.91 Å². The van der Waals surface area contributed by atoms with Crippen molar-refractivity contribution >= 4 is 35.0 Å². The maximum absolute atomic E-state index is 13.1. The van der Waals surface area contributed by atoms with Crippen molar-refractivity contribution in [2.24, 2.45) is 4.99 Å². The van der Waals surface area contributed by atoms with Gasteiger partial charge in [0.15, 0.2) is 0 Å². The van der Waals surface area contributed by atoms with Crippen LogP contribution in [0, 0.1) is 0 Å². The number of benzodiazepines with no additional fused rings is 1. The zero-order valence-electron chi connectivity index (χ0n) is 16.8. The quantitative estimate of drug-likeness (QED) is 0.662. The van der Waals surface area contributed by atoms with E-state index < -0.39 is 12.3 Å². The van der Waals surface area contributed by atoms with Crippen LogP contribution in [-0.2, 0) is 16.1 Å². The number of carbonyl (C=O) groups is 2. The highest BCUT2D eigenvalue weighted by Gasteiger charge is 2.31. The molecule has 1 aliphatic rings. The van der Waals surface area contributed by atoms with Gasteiger partial charge in [0.1, 0.15) is 6.61 Å². The average Bonchev–Trinajstić information content (AvgIpc) is 2.89. The largest absolute Gasteiger partial charge is 0.445 e. The summed E-state index contributed by atoms with van der Waals surface area (Å²) >= 11 is 6.24. The summed E-state index contributed by atoms with van der Waals surface area (Å²) in [5.41, 5.74) is 3.57. The topological polar surface area (TPSA) is 71.0 Å². The van der Waals surface area contributed by atoms with E-state index in [4.69, 9.17) is 16.3 Å². The fourth-order valence-corrected chi connectivity index (χ4v) is 3.52. The summed E-state index contributed by atoms with van der Waals surface area (Å²) in [4.78, 5) is 31.6. The molecule has 0 spiro atoms. The SMILES string of the molecule is CN1C(=O)C(NC(=O)OCc2ccccc2)N=C(c2ccccc2)c2cc(Cl)ccc21. The number of halogens is 1. The molecule has 1 aliphatic heterocycles. The zero-order valence-corrected chi connectivity index (χ0v) is 17.5. The van der Waals surface area contributed by atoms with Crippen molar-refractivity contribution < 1.29 is 14.3 Å². The van der Waals surface area contributed by atoms with Gasteiger partial charge in [-0.05, 0) is 23.8 Å². The van der Waals surface area contributed by atoms with Gasteiger partial charge in [0.2, 0.25) is 6.17 Å². The maximum Gasteiger partial charge on any atom is 0.409 e. The monoisotopic (exact) mass is 433 g/mol. The Labute approximate surface area is 185 Å². The molecule has 4 rings (SSSR count). The third-order valence-electron chi connectivity index (χ3n) is 4.91. The molecule has 0 fully saturated rings. The molecule has 0 radical (unpaired) electrons. The molecule has 3 aromatic carbocycles. The van der Waals surface area contributed by atoms with E-state index in [2.05, 4.69) is 10.3 Å². The van der Waals surface area contributed by atoms with Crippen molar-refractivity contribution in [1.82, 2.24) is 5.32 Å². The van der Waals surface area contributed by atoms with Gasteiger partial charge >= 0.3 is 6.09 Å². The van der Waals surface area contributed by atoms with Crippen LogP contribution in [0.25, 0.3) is 0 Å². The van der Waals surface area contributed by atoms with Gasteiger partial charge in [-0.15, -0.1) is 0 Å². The Balaban J connectivity index is 1.65. The number of likely N-dealkylation sites (N-methyl/N-ethyl adjacent to an activating group) is 1. The summed E-state index contributed by atoms with van der Waals surface area (Å²) in [6.07, 6.45) is -1.87. The molecule has 1 N–H and O–H groups in total. The molecule has 3 aromatic rings. The minimum Gasteiger partial charge on any atom is -0.445 e. The lowest BCUT2D eigenvalue weighted by atomic mass is 10.0. The van der Waals surface area contributed by atoms with E-state index in [-0.39, 0.29) is 12.5 Å². The van der Waals surface area contributed by atoms with Crippen LogP contribution >= 0.6 is 11.6 Å². The molecule has 7 heteroatoms. The Morgan fingerprint density at radius 1 is 1.06 bits per heavy atom. The Hall–Kier alpha value is -3.64. The lowest BCUT2D eigenvalue weighted by Crippen LogP contribution is -2.46. The van der Waals surface area contributed by atoms with Crippen molar-refractivity contribution in [3.63, 3.8) is 0 Å². The normalized spacial score (nSPS) is 15.5. The minimum atomic E-state index is -1.14. The molecule has 0 aliphatic carbocycles. The number of carbonyl (C=O) groups excluding carboxylic acids is 2. The van der Waals surface area contributed by atoms with Crippen LogP contribution in [0.3, 0.4) is 0 Å². The van der Waals surface area contributed by atoms with Crippen molar-refractivity contribution in [2.45, 2.75) is 12.8 Å². The van der Waals surface area contributed by atoms with Crippen LogP contribution in [0.2, 0.25) is 5.02 Å². The van der Waals surface area contributed by atoms with E-state index in [1.807, 2.05) is 60.7 Å². The lowest BCUT2D eigenvalue weighted by Gasteiger charge is -2.21. The van der Waals surface area contributed by atoms with Crippen molar-refractivity contribution in [3.8, 4) is 0 Å². The summed E-state index contributed by atoms with van der Waals surface area (Å²) in [7, 11) is 1.64. The summed E-state index contributed by atoms with van der Waals surface area (Å²) in [5.74, 6) is -0.383. The number of hydrogen-bond acceptors (Lipinski definition) is 4. The van der Waals surface area contributed by atoms with Gasteiger partial charge in [-0.3, -0.25) is 10.1 Å². The van der Waals surface area contributed by atoms with Crippen LogP contribution in [0.1, 0.15) is 16.7 Å². The number of nitrogens with zero attached hydrogens (tertiary/aromatic N) is 2. The number of anilines is 1. The smallest absolute Gasteiger partial charge is 0.409 e. The number of ether oxygens (including phenoxy) is 1. The summed E-state index contributed by atoms with van der Waals surface area (Å²) in [6.45, 7) is 0.0918. The summed E-state index contributed by atoms with van der Waals surface area (Å²) in [6, 6.07) is 24.0. The molecular weight excluding hydrogens is 414 g/mol. The van der Waals surface area contributed by atoms with Crippen LogP contribution in [0.5, 0.6) is 0 Å². The second kappa shape index (κ2) is 9.02. The van der Waals surface area contributed by atoms with E-state index in [1.54, 1.807) is 25.2 Å². The highest BCUT2D eigenvalue weighted by atomic mass is 35.5. The molecule has 2 amide bonds. The molecule has 31 heavy (non-hydrogen) atoms. The highest BCUT2D eigenvalue weighted by molar-refractivity contribution is 6.32. The summed E-state index contributed by atoms with van der Waals surface area (Å²) < 4.78 is 5.28. The molecule has 1 heterocycles. The van der Waals surface area contributed by atoms with Crippen molar-refractivity contribution in [2.75, 3.05) is 11.9 Å². The molecule has 0 saturated heterocycles. The number of fused-ring (bicyclic) bond motifs is 1. The maximum atomic E-state index is 13.1. The Morgan fingerprint density at radius 3 is 2.45 bits per heavy atom. The van der Waals surface area contributed by atoms with Crippen LogP contribution in [0.15, 0.2) is 83.9 Å². The van der Waals surface area contributed by atoms with Gasteiger partial charge in [0.05, 0.1) is 11.4 Å². The van der Waals surface area contributed by atoms with E-state index in [0.717, 1.165) is 11.1 Å². The number of aliphatic imine (C=N–C) groups is 1. The van der Waals surface area contributed by atoms with Gasteiger partial charge in [-0.25, -0.2) is 9.79 Å². The number of amides is 2. The molecule has 0 bridgehead atoms. The van der Waals surface area contributed by atoms with Crippen molar-refractivity contribution in [1.29, 1.82) is 0 Å². The lowest BCUT2D eigenvalue weighted by molar-refractivity contribution is -0.120. The third kappa shape index (κ3) is 4.59. The molecule has 156 valence electrons. The Bertz CT molecular complexity index is 1130. The first kappa shape index (κ1) is 20.6.